The summed E-state index contributed by atoms with van der Waals surface area (Å²) in [5, 5.41) is 15.8. The zero-order valence-corrected chi connectivity index (χ0v) is 19.3. The zero-order valence-electron chi connectivity index (χ0n) is 18.5. The highest BCUT2D eigenvalue weighted by Gasteiger charge is 2.27. The molecule has 3 aromatic heterocycles. The van der Waals surface area contributed by atoms with Gasteiger partial charge in [0.15, 0.2) is 0 Å². The number of pyridine rings is 1. The van der Waals surface area contributed by atoms with Crippen molar-refractivity contribution in [2.75, 3.05) is 18.5 Å². The fourth-order valence-electron chi connectivity index (χ4n) is 3.80. The molecule has 0 spiro atoms. The van der Waals surface area contributed by atoms with E-state index in [9.17, 15) is 14.9 Å². The first-order chi connectivity index (χ1) is 16.6. The number of furan rings is 1. The first kappa shape index (κ1) is 23.3. The average molecular weight is 477 g/mol. The van der Waals surface area contributed by atoms with Gasteiger partial charge in [-0.05, 0) is 60.9 Å². The molecule has 1 aliphatic carbocycles. The minimum atomic E-state index is -0.434. The fourth-order valence-corrected chi connectivity index (χ4v) is 5.11. The summed E-state index contributed by atoms with van der Waals surface area (Å²) in [6, 6.07) is 7.81. The fraction of sp³-hybridized carbons (Fsp3) is 0.280. The second-order valence-electron chi connectivity index (χ2n) is 7.94. The van der Waals surface area contributed by atoms with Crippen molar-refractivity contribution in [3.05, 3.63) is 76.3 Å². The minimum Gasteiger partial charge on any atom is -0.472 e. The highest BCUT2D eigenvalue weighted by Crippen LogP contribution is 2.39. The van der Waals surface area contributed by atoms with Crippen LogP contribution in [-0.4, -0.2) is 30.1 Å². The number of carbonyl (C=O) groups is 2. The molecule has 1 atom stereocenters. The molecule has 0 bridgehead atoms. The predicted molar refractivity (Wildman–Crippen MR) is 128 cm³/mol. The van der Waals surface area contributed by atoms with Gasteiger partial charge in [0, 0.05) is 35.5 Å². The first-order valence-corrected chi connectivity index (χ1v) is 11.8. The molecule has 9 heteroatoms. The summed E-state index contributed by atoms with van der Waals surface area (Å²) in [5.41, 5.74) is 3.34. The van der Waals surface area contributed by atoms with Gasteiger partial charge in [0.25, 0.3) is 0 Å². The molecule has 8 nitrogen and oxygen atoms in total. The molecule has 0 saturated carbocycles. The van der Waals surface area contributed by atoms with Gasteiger partial charge in [-0.1, -0.05) is 6.07 Å². The van der Waals surface area contributed by atoms with E-state index in [1.807, 2.05) is 12.1 Å². The molecule has 0 saturated heterocycles. The van der Waals surface area contributed by atoms with Gasteiger partial charge < -0.3 is 19.8 Å². The molecule has 3 aromatic rings. The van der Waals surface area contributed by atoms with E-state index in [2.05, 4.69) is 21.7 Å². The number of hydrogen-bond acceptors (Lipinski definition) is 7. The van der Waals surface area contributed by atoms with Crippen LogP contribution in [0.3, 0.4) is 0 Å². The van der Waals surface area contributed by atoms with Crippen LogP contribution in [0.4, 0.5) is 9.80 Å². The van der Waals surface area contributed by atoms with Gasteiger partial charge in [-0.3, -0.25) is 9.78 Å². The second kappa shape index (κ2) is 11.3. The number of rotatable bonds is 8. The molecular formula is C25H24N4O4S. The summed E-state index contributed by atoms with van der Waals surface area (Å²) < 4.78 is 10.4. The van der Waals surface area contributed by atoms with Crippen LogP contribution in [0, 0.1) is 17.2 Å². The number of nitrogens with zero attached hydrogens (tertiary/aromatic N) is 2. The summed E-state index contributed by atoms with van der Waals surface area (Å²) in [7, 11) is 0. The van der Waals surface area contributed by atoms with E-state index in [1.54, 1.807) is 24.5 Å². The Kier molecular flexibility index (Phi) is 7.73. The Bertz CT molecular complexity index is 1200. The van der Waals surface area contributed by atoms with E-state index >= 15 is 0 Å². The van der Waals surface area contributed by atoms with Crippen molar-refractivity contribution in [3.63, 3.8) is 0 Å². The van der Waals surface area contributed by atoms with Crippen molar-refractivity contribution in [1.29, 1.82) is 5.26 Å². The maximum absolute atomic E-state index is 12.3. The van der Waals surface area contributed by atoms with E-state index in [0.29, 0.717) is 43.0 Å². The van der Waals surface area contributed by atoms with Gasteiger partial charge in [-0.25, -0.2) is 4.79 Å². The quantitative estimate of drug-likeness (QED) is 0.467. The Morgan fingerprint density at radius 2 is 2.29 bits per heavy atom. The molecule has 2 amide bonds. The molecule has 3 heterocycles. The van der Waals surface area contributed by atoms with Crippen LogP contribution in [0.2, 0.25) is 0 Å². The third kappa shape index (κ3) is 6.11. The number of nitriles is 1. The Morgan fingerprint density at radius 3 is 3.06 bits per heavy atom. The third-order valence-electron chi connectivity index (χ3n) is 5.54. The number of anilines is 1. The number of ether oxygens (including phenoxy) is 1. The van der Waals surface area contributed by atoms with Crippen molar-refractivity contribution in [1.82, 2.24) is 10.3 Å². The van der Waals surface area contributed by atoms with Gasteiger partial charge in [-0.2, -0.15) is 5.26 Å². The standard InChI is InChI=1S/C25H24N4O4S/c26-13-21-20-5-3-19(16-33-25(31)28-10-7-17-2-1-9-27-14-17)12-22(20)34-24(21)29-23(30)6-4-18-8-11-32-15-18/h1-2,4,6,8-9,11,14-15,19H,3,5,7,10,12,16H2,(H,28,31)(H,29,30)/b6-4+. The van der Waals surface area contributed by atoms with Gasteiger partial charge in [-0.15, -0.1) is 11.3 Å². The minimum absolute atomic E-state index is 0.173. The van der Waals surface area contributed by atoms with Gasteiger partial charge >= 0.3 is 6.09 Å². The maximum Gasteiger partial charge on any atom is 0.407 e. The lowest BCUT2D eigenvalue weighted by atomic mass is 9.88. The highest BCUT2D eigenvalue weighted by molar-refractivity contribution is 7.16. The van der Waals surface area contributed by atoms with Gasteiger partial charge in [0.2, 0.25) is 5.91 Å². The first-order valence-electron chi connectivity index (χ1n) is 11.0. The SMILES string of the molecule is N#Cc1c(NC(=O)/C=C/c2ccoc2)sc2c1CCC(COC(=O)NCCc1cccnc1)C2. The largest absolute Gasteiger partial charge is 0.472 e. The van der Waals surface area contributed by atoms with Crippen LogP contribution < -0.4 is 10.6 Å². The Hall–Kier alpha value is -3.90. The van der Waals surface area contributed by atoms with Crippen molar-refractivity contribution in [2.45, 2.75) is 25.7 Å². The number of alkyl carbamates (subject to hydrolysis) is 1. The zero-order chi connectivity index (χ0) is 23.8. The average Bonchev–Trinajstić information content (AvgIpc) is 3.49. The number of hydrogen-bond donors (Lipinski definition) is 2. The molecule has 0 radical (unpaired) electrons. The van der Waals surface area contributed by atoms with E-state index in [4.69, 9.17) is 9.15 Å². The van der Waals surface area contributed by atoms with Crippen LogP contribution in [-0.2, 0) is 28.8 Å². The number of fused-ring (bicyclic) bond motifs is 1. The van der Waals surface area contributed by atoms with Crippen molar-refractivity contribution in [2.24, 2.45) is 5.92 Å². The highest BCUT2D eigenvalue weighted by atomic mass is 32.1. The molecule has 0 aliphatic heterocycles. The molecule has 1 aliphatic rings. The van der Waals surface area contributed by atoms with Crippen molar-refractivity contribution in [3.8, 4) is 6.07 Å². The molecule has 4 rings (SSSR count). The summed E-state index contributed by atoms with van der Waals surface area (Å²) in [4.78, 5) is 29.5. The van der Waals surface area contributed by atoms with Crippen molar-refractivity contribution >= 4 is 34.4 Å². The second-order valence-corrected chi connectivity index (χ2v) is 9.05. The normalized spacial score (nSPS) is 14.9. The molecular weight excluding hydrogens is 452 g/mol. The lowest BCUT2D eigenvalue weighted by molar-refractivity contribution is -0.111. The van der Waals surface area contributed by atoms with E-state index in [0.717, 1.165) is 28.0 Å². The summed E-state index contributed by atoms with van der Waals surface area (Å²) in [5.74, 6) is -0.134. The number of amides is 2. The monoisotopic (exact) mass is 476 g/mol. The summed E-state index contributed by atoms with van der Waals surface area (Å²) in [6.07, 6.45) is 12.1. The number of carbonyl (C=O) groups excluding carboxylic acids is 2. The predicted octanol–water partition coefficient (Wildman–Crippen LogP) is 4.33. The molecule has 1 unspecified atom stereocenters. The third-order valence-corrected chi connectivity index (χ3v) is 6.71. The Morgan fingerprint density at radius 1 is 1.38 bits per heavy atom. The number of thiophene rings is 1. The van der Waals surface area contributed by atoms with Crippen LogP contribution in [0.15, 0.2) is 53.6 Å². The van der Waals surface area contributed by atoms with Crippen LogP contribution >= 0.6 is 11.3 Å². The summed E-state index contributed by atoms with van der Waals surface area (Å²) in [6.45, 7) is 0.793. The van der Waals surface area contributed by atoms with E-state index < -0.39 is 6.09 Å². The van der Waals surface area contributed by atoms with Gasteiger partial charge in [0.1, 0.15) is 11.1 Å². The lowest BCUT2D eigenvalue weighted by Crippen LogP contribution is -2.29. The maximum atomic E-state index is 12.3. The molecule has 2 N–H and O–H groups in total. The van der Waals surface area contributed by atoms with Crippen LogP contribution in [0.5, 0.6) is 0 Å². The summed E-state index contributed by atoms with van der Waals surface area (Å²) >= 11 is 1.42. The Balaban J connectivity index is 1.27. The smallest absolute Gasteiger partial charge is 0.407 e. The molecule has 0 aromatic carbocycles. The number of aromatic nitrogens is 1. The Labute approximate surface area is 201 Å². The number of nitrogens with one attached hydrogen (secondary N) is 2. The molecule has 174 valence electrons. The van der Waals surface area contributed by atoms with Crippen molar-refractivity contribution < 1.29 is 18.7 Å². The molecule has 34 heavy (non-hydrogen) atoms. The lowest BCUT2D eigenvalue weighted by Gasteiger charge is -2.21. The van der Waals surface area contributed by atoms with Gasteiger partial charge in [0.05, 0.1) is 24.7 Å². The van der Waals surface area contributed by atoms with Crippen LogP contribution in [0.25, 0.3) is 6.08 Å². The van der Waals surface area contributed by atoms with Crippen LogP contribution in [0.1, 0.15) is 33.6 Å². The molecule has 0 fully saturated rings. The van der Waals surface area contributed by atoms with E-state index in [-0.39, 0.29) is 11.8 Å². The topological polar surface area (TPSA) is 117 Å². The van der Waals surface area contributed by atoms with E-state index in [1.165, 1.54) is 29.9 Å².